The second kappa shape index (κ2) is 5.93. The summed E-state index contributed by atoms with van der Waals surface area (Å²) in [4.78, 5) is 9.22. The number of nitrogens with zero attached hydrogens (tertiary/aromatic N) is 3. The maximum Gasteiger partial charge on any atom is 0.152 e. The molecular formula is C16H21N4S+. The summed E-state index contributed by atoms with van der Waals surface area (Å²) in [6.45, 7) is 3.13. The van der Waals surface area contributed by atoms with Crippen LogP contribution in [0.25, 0.3) is 21.9 Å². The lowest BCUT2D eigenvalue weighted by Crippen LogP contribution is -2.05. The zero-order chi connectivity index (χ0) is 14.8. The summed E-state index contributed by atoms with van der Waals surface area (Å²) in [5, 5.41) is 1.14. The van der Waals surface area contributed by atoms with Gasteiger partial charge < -0.3 is 10.3 Å². The Labute approximate surface area is 128 Å². The molecule has 3 aromatic rings. The number of imidazole rings is 1. The molecule has 110 valence electrons. The Morgan fingerprint density at radius 1 is 1.24 bits per heavy atom. The number of aromatic nitrogens is 3. The van der Waals surface area contributed by atoms with Gasteiger partial charge in [0.25, 0.3) is 0 Å². The lowest BCUT2D eigenvalue weighted by Gasteiger charge is -2.08. The minimum atomic E-state index is 0.533. The molecule has 21 heavy (non-hydrogen) atoms. The zero-order valence-electron chi connectivity index (χ0n) is 12.5. The molecule has 0 saturated heterocycles. The lowest BCUT2D eigenvalue weighted by molar-refractivity contribution is 0.665. The van der Waals surface area contributed by atoms with E-state index < -0.39 is 0 Å². The van der Waals surface area contributed by atoms with Crippen LogP contribution in [0.1, 0.15) is 19.2 Å². The number of para-hydroxylation sites is 1. The standard InChI is InChI=1S/C16H20N4S/c1-3-13-19-14-15(20(13)9-6-10-21-2)11-7-4-5-8-12(11)18-16(14)17/h4-5,7-8H,3,6,9-10H2,1-2H3,(H2,17,18)/p+1. The molecule has 1 aromatic carbocycles. The van der Waals surface area contributed by atoms with Crippen LogP contribution in [0.2, 0.25) is 0 Å². The van der Waals surface area contributed by atoms with E-state index in [2.05, 4.69) is 28.8 Å². The number of benzene rings is 1. The normalized spacial score (nSPS) is 11.5. The molecule has 3 rings (SSSR count). The average molecular weight is 301 g/mol. The van der Waals surface area contributed by atoms with Gasteiger partial charge in [0.2, 0.25) is 0 Å². The van der Waals surface area contributed by atoms with Gasteiger partial charge in [-0.05, 0) is 17.8 Å². The van der Waals surface area contributed by atoms with Crippen LogP contribution in [0.3, 0.4) is 0 Å². The monoisotopic (exact) mass is 301 g/mol. The molecule has 0 saturated carbocycles. The van der Waals surface area contributed by atoms with Gasteiger partial charge in [-0.25, -0.2) is 9.97 Å². The van der Waals surface area contributed by atoms with Gasteiger partial charge in [0.05, 0.1) is 17.3 Å². The maximum atomic E-state index is 6.13. The van der Waals surface area contributed by atoms with Crippen molar-refractivity contribution in [1.82, 2.24) is 14.5 Å². The highest BCUT2D eigenvalue weighted by molar-refractivity contribution is 7.77. The van der Waals surface area contributed by atoms with E-state index in [1.165, 1.54) is 17.5 Å². The third-order valence-electron chi connectivity index (χ3n) is 3.77. The molecule has 2 aromatic heterocycles. The minimum absolute atomic E-state index is 0.533. The summed E-state index contributed by atoms with van der Waals surface area (Å²) in [7, 11) is 0. The molecule has 0 unspecified atom stereocenters. The second-order valence-corrected chi connectivity index (χ2v) is 6.22. The molecule has 2 heterocycles. The highest BCUT2D eigenvalue weighted by Crippen LogP contribution is 2.29. The number of anilines is 1. The van der Waals surface area contributed by atoms with Gasteiger partial charge in [0.1, 0.15) is 17.1 Å². The Bertz CT molecular complexity index is 779. The van der Waals surface area contributed by atoms with E-state index in [0.717, 1.165) is 47.1 Å². The summed E-state index contributed by atoms with van der Waals surface area (Å²) in [5.41, 5.74) is 9.06. The largest absolute Gasteiger partial charge is 0.382 e. The third-order valence-corrected chi connectivity index (χ3v) is 4.53. The van der Waals surface area contributed by atoms with E-state index in [4.69, 9.17) is 10.7 Å². The zero-order valence-corrected chi connectivity index (χ0v) is 13.4. The fourth-order valence-corrected chi connectivity index (χ4v) is 3.26. The van der Waals surface area contributed by atoms with Crippen molar-refractivity contribution >= 4 is 39.5 Å². The van der Waals surface area contributed by atoms with E-state index in [1.807, 2.05) is 18.2 Å². The lowest BCUT2D eigenvalue weighted by atomic mass is 10.2. The van der Waals surface area contributed by atoms with Gasteiger partial charge in [-0.3, -0.25) is 0 Å². The van der Waals surface area contributed by atoms with Gasteiger partial charge in [0, 0.05) is 24.8 Å². The predicted octanol–water partition coefficient (Wildman–Crippen LogP) is 2.56. The molecule has 5 heteroatoms. The first-order chi connectivity index (χ1) is 10.3. The molecule has 4 nitrogen and oxygen atoms in total. The molecule has 0 fully saturated rings. The number of fused-ring (bicyclic) bond motifs is 3. The molecule has 2 N–H and O–H groups in total. The minimum Gasteiger partial charge on any atom is -0.382 e. The Hall–Kier alpha value is -1.75. The maximum absolute atomic E-state index is 6.13. The summed E-state index contributed by atoms with van der Waals surface area (Å²) in [6.07, 6.45) is 4.27. The Balaban J connectivity index is 2.27. The first-order valence-electron chi connectivity index (χ1n) is 7.35. The van der Waals surface area contributed by atoms with Crippen LogP contribution in [-0.4, -0.2) is 26.5 Å². The van der Waals surface area contributed by atoms with Crippen LogP contribution in [0.4, 0.5) is 5.82 Å². The molecule has 0 radical (unpaired) electrons. The molecule has 0 bridgehead atoms. The number of hydrogen-bond donors (Lipinski definition) is 1. The van der Waals surface area contributed by atoms with E-state index in [1.54, 1.807) is 0 Å². The van der Waals surface area contributed by atoms with Crippen LogP contribution in [0.15, 0.2) is 24.3 Å². The molecule has 0 aliphatic carbocycles. The molecule has 0 aliphatic heterocycles. The average Bonchev–Trinajstić information content (AvgIpc) is 2.87. The van der Waals surface area contributed by atoms with Gasteiger partial charge >= 0.3 is 0 Å². The van der Waals surface area contributed by atoms with Crippen molar-refractivity contribution in [1.29, 1.82) is 0 Å². The van der Waals surface area contributed by atoms with Crippen molar-refractivity contribution in [2.75, 3.05) is 17.7 Å². The van der Waals surface area contributed by atoms with Crippen molar-refractivity contribution in [3.63, 3.8) is 0 Å². The van der Waals surface area contributed by atoms with Crippen LogP contribution < -0.4 is 5.73 Å². The number of nitrogen functional groups attached to an aromatic ring is 1. The summed E-state index contributed by atoms with van der Waals surface area (Å²) in [6, 6.07) is 8.17. The van der Waals surface area contributed by atoms with Crippen molar-refractivity contribution in [3.8, 4) is 0 Å². The van der Waals surface area contributed by atoms with Crippen molar-refractivity contribution in [2.45, 2.75) is 26.3 Å². The van der Waals surface area contributed by atoms with Crippen LogP contribution in [0.5, 0.6) is 0 Å². The van der Waals surface area contributed by atoms with E-state index >= 15 is 0 Å². The second-order valence-electron chi connectivity index (χ2n) is 5.14. The van der Waals surface area contributed by atoms with Gasteiger partial charge in [0.15, 0.2) is 5.82 Å². The SMILES string of the molecule is CCc1nc2c(N)nc3ccccc3c2n1CCC[SH+]C. The molecule has 0 spiro atoms. The smallest absolute Gasteiger partial charge is 0.152 e. The summed E-state index contributed by atoms with van der Waals surface area (Å²) < 4.78 is 2.33. The van der Waals surface area contributed by atoms with Gasteiger partial charge in [-0.15, -0.1) is 0 Å². The number of rotatable bonds is 5. The highest BCUT2D eigenvalue weighted by atomic mass is 32.2. The van der Waals surface area contributed by atoms with Gasteiger partial charge in [-0.1, -0.05) is 25.1 Å². The van der Waals surface area contributed by atoms with Crippen molar-refractivity contribution < 1.29 is 0 Å². The number of nitrogens with two attached hydrogens (primary N) is 1. The number of thiol groups is 1. The topological polar surface area (TPSA) is 56.7 Å². The van der Waals surface area contributed by atoms with Crippen LogP contribution >= 0.6 is 0 Å². The number of aryl methyl sites for hydroxylation is 2. The summed E-state index contributed by atoms with van der Waals surface area (Å²) in [5.74, 6) is 2.84. The molecular weight excluding hydrogens is 280 g/mol. The fourth-order valence-electron chi connectivity index (χ4n) is 2.80. The van der Waals surface area contributed by atoms with Crippen molar-refractivity contribution in [3.05, 3.63) is 30.1 Å². The molecule has 0 atom stereocenters. The van der Waals surface area contributed by atoms with Crippen LogP contribution in [0, 0.1) is 0 Å². The molecule has 0 aliphatic rings. The number of hydrogen-bond acceptors (Lipinski definition) is 3. The highest BCUT2D eigenvalue weighted by Gasteiger charge is 2.16. The Kier molecular flexibility index (Phi) is 4.01. The number of pyridine rings is 1. The Morgan fingerprint density at radius 2 is 2.05 bits per heavy atom. The quantitative estimate of drug-likeness (QED) is 0.448. The van der Waals surface area contributed by atoms with Gasteiger partial charge in [-0.2, -0.15) is 0 Å². The summed E-state index contributed by atoms with van der Waals surface area (Å²) >= 11 is 1.44. The molecule has 0 amide bonds. The first kappa shape index (κ1) is 14.2. The van der Waals surface area contributed by atoms with E-state index in [-0.39, 0.29) is 0 Å². The fraction of sp³-hybridized carbons (Fsp3) is 0.375. The van der Waals surface area contributed by atoms with Crippen LogP contribution in [-0.2, 0) is 24.7 Å². The van der Waals surface area contributed by atoms with Crippen molar-refractivity contribution in [2.24, 2.45) is 0 Å². The Morgan fingerprint density at radius 3 is 2.81 bits per heavy atom. The van der Waals surface area contributed by atoms with E-state index in [0.29, 0.717) is 5.82 Å². The first-order valence-corrected chi connectivity index (χ1v) is 8.87. The van der Waals surface area contributed by atoms with E-state index in [9.17, 15) is 0 Å². The predicted molar refractivity (Wildman–Crippen MR) is 93.0 cm³/mol. The third kappa shape index (κ3) is 2.46.